The molecule has 2 aromatic heterocycles. The van der Waals surface area contributed by atoms with Crippen molar-refractivity contribution in [3.8, 4) is 16.9 Å². The van der Waals surface area contributed by atoms with Crippen LogP contribution in [-0.4, -0.2) is 39.9 Å². The number of primary amides is 1. The molecule has 14 heteroatoms. The summed E-state index contributed by atoms with van der Waals surface area (Å²) in [7, 11) is -4.48. The van der Waals surface area contributed by atoms with Crippen molar-refractivity contribution in [2.24, 2.45) is 10.9 Å². The Balaban J connectivity index is 1.87. The molecule has 35 heavy (non-hydrogen) atoms. The molecule has 0 bridgehead atoms. The second-order valence-electron chi connectivity index (χ2n) is 7.41. The van der Waals surface area contributed by atoms with Crippen LogP contribution in [0.25, 0.3) is 22.2 Å². The van der Waals surface area contributed by atoms with Crippen LogP contribution < -0.4 is 21.7 Å². The lowest BCUT2D eigenvalue weighted by Crippen LogP contribution is -2.19. The van der Waals surface area contributed by atoms with E-state index in [0.29, 0.717) is 10.7 Å². The molecule has 0 saturated carbocycles. The number of H-pyrrole nitrogens is 1. The largest absolute Gasteiger partial charge is 0.506 e. The second kappa shape index (κ2) is 8.87. The molecule has 4 rings (SSSR count). The number of aromatic hydroxyl groups is 1. The standard InChI is InChI=1S/C21H17ClN6O6S/c22-13-3-1-2-4-14(13)27-16(29)8-28-7-12(17-20(28)25-9-26-21(17)32)10-5-11(19(23)31)18(30)15(6-10)35(24,33)34/h1-7,9,30H,8H2,(H2,23,31)(H,27,29)(H2,24,33,34)(H,25,26,32). The summed E-state index contributed by atoms with van der Waals surface area (Å²) in [6.07, 6.45) is 2.52. The van der Waals surface area contributed by atoms with Crippen molar-refractivity contribution >= 4 is 50.2 Å². The van der Waals surface area contributed by atoms with Gasteiger partial charge >= 0.3 is 0 Å². The van der Waals surface area contributed by atoms with Gasteiger partial charge in [-0.25, -0.2) is 18.5 Å². The van der Waals surface area contributed by atoms with E-state index in [0.717, 1.165) is 18.5 Å². The smallest absolute Gasteiger partial charge is 0.260 e. The van der Waals surface area contributed by atoms with Crippen LogP contribution in [0.1, 0.15) is 10.4 Å². The first-order chi connectivity index (χ1) is 16.5. The third-order valence-electron chi connectivity index (χ3n) is 5.08. The number of nitrogens with two attached hydrogens (primary N) is 2. The Morgan fingerprint density at radius 2 is 1.94 bits per heavy atom. The number of aromatic nitrogens is 3. The van der Waals surface area contributed by atoms with Crippen molar-refractivity contribution in [3.63, 3.8) is 0 Å². The number of para-hydroxylation sites is 1. The molecular weight excluding hydrogens is 500 g/mol. The maximum Gasteiger partial charge on any atom is 0.260 e. The zero-order chi connectivity index (χ0) is 25.5. The van der Waals surface area contributed by atoms with Crippen LogP contribution in [0.15, 0.2) is 58.6 Å². The number of halogens is 1. The van der Waals surface area contributed by atoms with Crippen molar-refractivity contribution in [3.05, 3.63) is 69.9 Å². The van der Waals surface area contributed by atoms with Crippen molar-refractivity contribution in [2.75, 3.05) is 5.32 Å². The average molecular weight is 517 g/mol. The number of nitrogens with zero attached hydrogens (tertiary/aromatic N) is 2. The second-order valence-corrected chi connectivity index (χ2v) is 9.35. The first-order valence-corrected chi connectivity index (χ1v) is 11.7. The van der Waals surface area contributed by atoms with E-state index in [1.54, 1.807) is 24.3 Å². The highest BCUT2D eigenvalue weighted by Crippen LogP contribution is 2.35. The Hall–Kier alpha value is -4.20. The molecule has 0 fully saturated rings. The Kier molecular flexibility index (Phi) is 6.06. The Morgan fingerprint density at radius 3 is 2.60 bits per heavy atom. The molecule has 0 aliphatic rings. The van der Waals surface area contributed by atoms with Gasteiger partial charge in [0.15, 0.2) is 0 Å². The molecule has 4 aromatic rings. The zero-order valence-electron chi connectivity index (χ0n) is 17.6. The molecule has 7 N–H and O–H groups in total. The van der Waals surface area contributed by atoms with Crippen LogP contribution in [0.4, 0.5) is 5.69 Å². The van der Waals surface area contributed by atoms with Crippen LogP contribution in [-0.2, 0) is 21.4 Å². The van der Waals surface area contributed by atoms with Gasteiger partial charge in [0.25, 0.3) is 11.5 Å². The molecule has 2 aromatic carbocycles. The molecule has 12 nitrogen and oxygen atoms in total. The number of aromatic amines is 1. The van der Waals surface area contributed by atoms with E-state index in [4.69, 9.17) is 22.5 Å². The number of nitrogens with one attached hydrogen (secondary N) is 2. The fourth-order valence-corrected chi connectivity index (χ4v) is 4.40. The van der Waals surface area contributed by atoms with E-state index in [-0.39, 0.29) is 28.7 Å². The van der Waals surface area contributed by atoms with Gasteiger partial charge in [0, 0.05) is 11.8 Å². The topological polar surface area (TPSA) is 203 Å². The predicted molar refractivity (Wildman–Crippen MR) is 127 cm³/mol. The minimum atomic E-state index is -4.48. The Morgan fingerprint density at radius 1 is 1.23 bits per heavy atom. The van der Waals surface area contributed by atoms with Crippen molar-refractivity contribution < 1.29 is 23.1 Å². The minimum absolute atomic E-state index is 0.000442. The fraction of sp³-hybridized carbons (Fsp3) is 0.0476. The minimum Gasteiger partial charge on any atom is -0.506 e. The molecule has 2 amide bonds. The molecule has 0 spiro atoms. The van der Waals surface area contributed by atoms with Gasteiger partial charge in [-0.3, -0.25) is 14.4 Å². The molecule has 0 aliphatic carbocycles. The van der Waals surface area contributed by atoms with Crippen LogP contribution in [0.3, 0.4) is 0 Å². The van der Waals surface area contributed by atoms with Gasteiger partial charge in [0.1, 0.15) is 22.8 Å². The van der Waals surface area contributed by atoms with E-state index in [9.17, 15) is 27.9 Å². The molecule has 0 saturated heterocycles. The average Bonchev–Trinajstić information content (AvgIpc) is 3.14. The maximum atomic E-state index is 12.7. The normalized spacial score (nSPS) is 11.5. The number of phenols is 1. The number of primary sulfonamides is 1. The summed E-state index contributed by atoms with van der Waals surface area (Å²) in [4.78, 5) is 43.0. The summed E-state index contributed by atoms with van der Waals surface area (Å²) < 4.78 is 25.4. The van der Waals surface area contributed by atoms with E-state index in [1.165, 1.54) is 10.8 Å². The van der Waals surface area contributed by atoms with E-state index in [2.05, 4.69) is 15.3 Å². The van der Waals surface area contributed by atoms with Crippen LogP contribution in [0, 0.1) is 0 Å². The Bertz CT molecular complexity index is 1680. The highest BCUT2D eigenvalue weighted by Gasteiger charge is 2.24. The number of sulfonamides is 1. The van der Waals surface area contributed by atoms with Gasteiger partial charge in [-0.05, 0) is 29.8 Å². The fourth-order valence-electron chi connectivity index (χ4n) is 3.55. The zero-order valence-corrected chi connectivity index (χ0v) is 19.2. The van der Waals surface area contributed by atoms with Crippen LogP contribution in [0.5, 0.6) is 5.75 Å². The number of rotatable bonds is 6. The summed E-state index contributed by atoms with van der Waals surface area (Å²) in [5.74, 6) is -2.53. The Labute approximate surface area is 202 Å². The number of carbonyl (C=O) groups is 2. The molecule has 0 atom stereocenters. The highest BCUT2D eigenvalue weighted by atomic mass is 35.5. The number of hydrogen-bond donors (Lipinski definition) is 5. The molecule has 0 unspecified atom stereocenters. The first-order valence-electron chi connectivity index (χ1n) is 9.78. The predicted octanol–water partition coefficient (Wildman–Crippen LogP) is 1.14. The summed E-state index contributed by atoms with van der Waals surface area (Å²) in [5.41, 5.74) is 4.79. The third-order valence-corrected chi connectivity index (χ3v) is 6.33. The van der Waals surface area contributed by atoms with Crippen LogP contribution >= 0.6 is 11.6 Å². The first kappa shape index (κ1) is 23.9. The van der Waals surface area contributed by atoms with E-state index in [1.807, 2.05) is 0 Å². The van der Waals surface area contributed by atoms with Gasteiger partial charge in [-0.15, -0.1) is 0 Å². The number of hydrogen-bond acceptors (Lipinski definition) is 7. The van der Waals surface area contributed by atoms with Crippen LogP contribution in [0.2, 0.25) is 5.02 Å². The lowest BCUT2D eigenvalue weighted by atomic mass is 10.0. The molecule has 0 aliphatic heterocycles. The molecule has 2 heterocycles. The SMILES string of the molecule is NC(=O)c1cc(-c2cn(CC(=O)Nc3ccccc3Cl)c3nc[nH]c(=O)c23)cc(S(N)(=O)=O)c1O. The summed E-state index contributed by atoms with van der Waals surface area (Å²) in [5, 5.41) is 18.4. The number of carbonyl (C=O) groups excluding carboxylic acids is 2. The summed E-state index contributed by atoms with van der Waals surface area (Å²) in [6.45, 7) is -0.291. The van der Waals surface area contributed by atoms with Gasteiger partial charge in [-0.2, -0.15) is 0 Å². The number of fused-ring (bicyclic) bond motifs is 1. The third kappa shape index (κ3) is 4.59. The number of amides is 2. The lowest BCUT2D eigenvalue weighted by Gasteiger charge is -2.10. The molecule has 0 radical (unpaired) electrons. The van der Waals surface area contributed by atoms with Gasteiger partial charge in [-0.1, -0.05) is 23.7 Å². The number of benzene rings is 2. The van der Waals surface area contributed by atoms with Gasteiger partial charge < -0.3 is 25.7 Å². The quantitative estimate of drug-likeness (QED) is 0.252. The van der Waals surface area contributed by atoms with E-state index >= 15 is 0 Å². The van der Waals surface area contributed by atoms with Gasteiger partial charge in [0.05, 0.1) is 28.0 Å². The summed E-state index contributed by atoms with van der Waals surface area (Å²) >= 11 is 6.08. The summed E-state index contributed by atoms with van der Waals surface area (Å²) in [6, 6.07) is 8.71. The molecule has 180 valence electrons. The monoisotopic (exact) mass is 516 g/mol. The maximum absolute atomic E-state index is 12.7. The lowest BCUT2D eigenvalue weighted by molar-refractivity contribution is -0.116. The van der Waals surface area contributed by atoms with Gasteiger partial charge in [0.2, 0.25) is 15.9 Å². The molecular formula is C21H17ClN6O6S. The van der Waals surface area contributed by atoms with Crippen molar-refractivity contribution in [1.29, 1.82) is 0 Å². The number of anilines is 1. The van der Waals surface area contributed by atoms with Crippen molar-refractivity contribution in [1.82, 2.24) is 14.5 Å². The highest BCUT2D eigenvalue weighted by molar-refractivity contribution is 7.89. The van der Waals surface area contributed by atoms with E-state index < -0.39 is 43.6 Å². The van der Waals surface area contributed by atoms with Crippen molar-refractivity contribution in [2.45, 2.75) is 11.4 Å².